The van der Waals surface area contributed by atoms with Gasteiger partial charge in [-0.15, -0.1) is 0 Å². The fourth-order valence-corrected chi connectivity index (χ4v) is 6.10. The van der Waals surface area contributed by atoms with Crippen LogP contribution in [0.1, 0.15) is 56.1 Å². The largest absolute Gasteiger partial charge is 0.325 e. The van der Waals surface area contributed by atoms with E-state index in [2.05, 4.69) is 32.2 Å². The van der Waals surface area contributed by atoms with Crippen LogP contribution in [0, 0.1) is 19.3 Å². The second-order valence-corrected chi connectivity index (χ2v) is 10.6. The molecule has 2 aliphatic carbocycles. The second-order valence-electron chi connectivity index (χ2n) is 9.81. The van der Waals surface area contributed by atoms with Gasteiger partial charge in [-0.2, -0.15) is 0 Å². The van der Waals surface area contributed by atoms with Crippen molar-refractivity contribution in [2.45, 2.75) is 58.3 Å². The third kappa shape index (κ3) is 2.52. The number of halogens is 2. The van der Waals surface area contributed by atoms with E-state index in [9.17, 15) is 4.79 Å². The van der Waals surface area contributed by atoms with Crippen molar-refractivity contribution in [1.82, 2.24) is 9.97 Å². The molecule has 3 aromatic rings. The molecule has 0 radical (unpaired) electrons. The molecule has 6 heteroatoms. The lowest BCUT2D eigenvalue weighted by atomic mass is 9.63. The van der Waals surface area contributed by atoms with E-state index in [1.54, 1.807) is 12.1 Å². The van der Waals surface area contributed by atoms with Crippen molar-refractivity contribution in [1.29, 1.82) is 0 Å². The van der Waals surface area contributed by atoms with Crippen molar-refractivity contribution in [3.05, 3.63) is 62.9 Å². The predicted octanol–water partition coefficient (Wildman–Crippen LogP) is 6.52. The lowest BCUT2D eigenvalue weighted by Gasteiger charge is -2.39. The Labute approximate surface area is 192 Å². The Morgan fingerprint density at radius 2 is 1.55 bits per heavy atom. The molecule has 160 valence electrons. The zero-order valence-corrected chi connectivity index (χ0v) is 19.9. The molecule has 2 atom stereocenters. The molecule has 0 saturated heterocycles. The topological polar surface area (TPSA) is 54.9 Å². The number of fused-ring (bicyclic) bond motifs is 6. The van der Waals surface area contributed by atoms with Gasteiger partial charge in [0.2, 0.25) is 5.91 Å². The second kappa shape index (κ2) is 6.43. The normalized spacial score (nSPS) is 25.6. The number of amides is 1. The van der Waals surface area contributed by atoms with Gasteiger partial charge in [-0.1, -0.05) is 61.7 Å². The van der Waals surface area contributed by atoms with Gasteiger partial charge in [-0.3, -0.25) is 4.79 Å². The first kappa shape index (κ1) is 20.7. The Morgan fingerprint density at radius 1 is 0.935 bits per heavy atom. The van der Waals surface area contributed by atoms with E-state index in [4.69, 9.17) is 33.2 Å². The molecule has 1 saturated carbocycles. The highest BCUT2D eigenvalue weighted by atomic mass is 35.5. The highest BCUT2D eigenvalue weighted by Gasteiger charge is 2.73. The number of aromatic nitrogens is 2. The van der Waals surface area contributed by atoms with Crippen LogP contribution in [0.4, 0.5) is 5.69 Å². The van der Waals surface area contributed by atoms with Gasteiger partial charge in [0, 0.05) is 11.1 Å². The molecule has 1 aromatic heterocycles. The fourth-order valence-electron chi connectivity index (χ4n) is 5.78. The number of hydrogen-bond donors (Lipinski definition) is 1. The minimum absolute atomic E-state index is 0.0133. The molecule has 5 rings (SSSR count). The van der Waals surface area contributed by atoms with E-state index < -0.39 is 5.41 Å². The fraction of sp³-hybridized carbons (Fsp3) is 0.400. The lowest BCUT2D eigenvalue weighted by molar-refractivity contribution is -0.125. The summed E-state index contributed by atoms with van der Waals surface area (Å²) >= 11 is 12.5. The summed E-state index contributed by atoms with van der Waals surface area (Å²) in [6, 6.07) is 9.58. The van der Waals surface area contributed by atoms with Crippen LogP contribution in [0.25, 0.3) is 11.0 Å². The molecule has 31 heavy (non-hydrogen) atoms. The Morgan fingerprint density at radius 3 is 2.16 bits per heavy atom. The van der Waals surface area contributed by atoms with Gasteiger partial charge < -0.3 is 5.32 Å². The molecule has 1 fully saturated rings. The predicted molar refractivity (Wildman–Crippen MR) is 126 cm³/mol. The van der Waals surface area contributed by atoms with Crippen molar-refractivity contribution >= 4 is 45.8 Å². The van der Waals surface area contributed by atoms with Crippen LogP contribution in [0.2, 0.25) is 10.0 Å². The Hall–Kier alpha value is -2.17. The van der Waals surface area contributed by atoms with Crippen molar-refractivity contribution in [2.24, 2.45) is 5.41 Å². The molecule has 2 unspecified atom stereocenters. The number of carbonyl (C=O) groups is 1. The van der Waals surface area contributed by atoms with Crippen LogP contribution in [0.15, 0.2) is 30.3 Å². The summed E-state index contributed by atoms with van der Waals surface area (Å²) < 4.78 is 0. The number of benzene rings is 2. The van der Waals surface area contributed by atoms with E-state index in [0.29, 0.717) is 21.1 Å². The van der Waals surface area contributed by atoms with Crippen molar-refractivity contribution in [2.75, 3.05) is 5.32 Å². The van der Waals surface area contributed by atoms with E-state index >= 15 is 0 Å². The quantitative estimate of drug-likeness (QED) is 0.480. The summed E-state index contributed by atoms with van der Waals surface area (Å²) in [6.45, 7) is 10.6. The lowest BCUT2D eigenvalue weighted by Crippen LogP contribution is -2.48. The average molecular weight is 454 g/mol. The first-order valence-electron chi connectivity index (χ1n) is 10.6. The molecule has 2 aliphatic rings. The number of aryl methyl sites for hydroxylation is 2. The molecule has 0 spiro atoms. The molecule has 1 amide bonds. The number of rotatable bonds is 2. The third-order valence-corrected chi connectivity index (χ3v) is 8.82. The van der Waals surface area contributed by atoms with Crippen LogP contribution < -0.4 is 5.32 Å². The van der Waals surface area contributed by atoms with Gasteiger partial charge in [0.1, 0.15) is 0 Å². The highest BCUT2D eigenvalue weighted by molar-refractivity contribution is 6.42. The molecule has 0 aliphatic heterocycles. The maximum absolute atomic E-state index is 14.0. The van der Waals surface area contributed by atoms with Crippen LogP contribution in [-0.2, 0) is 15.6 Å². The minimum Gasteiger partial charge on any atom is -0.325 e. The standard InChI is InChI=1S/C25H25Cl2N3O/c1-13-6-7-17(14(2)10-13)30-22(31)25-9-8-24(5,23(25,3)4)20-21(25)29-19-12-16(27)15(26)11-18(19)28-20/h6-7,10-12H,8-9H2,1-5H3,(H,30,31). The van der Waals surface area contributed by atoms with Gasteiger partial charge in [-0.25, -0.2) is 9.97 Å². The maximum atomic E-state index is 14.0. The number of nitrogens with one attached hydrogen (secondary N) is 1. The highest BCUT2D eigenvalue weighted by Crippen LogP contribution is 2.70. The summed E-state index contributed by atoms with van der Waals surface area (Å²) in [6.07, 6.45) is 1.62. The Kier molecular flexibility index (Phi) is 4.30. The first-order valence-corrected chi connectivity index (χ1v) is 11.3. The molecule has 4 nitrogen and oxygen atoms in total. The van der Waals surface area contributed by atoms with Crippen molar-refractivity contribution in [3.8, 4) is 0 Å². The number of nitrogens with zero attached hydrogens (tertiary/aromatic N) is 2. The zero-order valence-electron chi connectivity index (χ0n) is 18.4. The Balaban J connectivity index is 1.71. The van der Waals surface area contributed by atoms with Crippen LogP contribution in [0.3, 0.4) is 0 Å². The van der Waals surface area contributed by atoms with E-state index in [0.717, 1.165) is 35.5 Å². The monoisotopic (exact) mass is 453 g/mol. The van der Waals surface area contributed by atoms with E-state index in [1.807, 2.05) is 26.0 Å². The van der Waals surface area contributed by atoms with Gasteiger partial charge in [0.05, 0.1) is 37.9 Å². The summed E-state index contributed by atoms with van der Waals surface area (Å²) in [5.74, 6) is -0.0133. The van der Waals surface area contributed by atoms with Crippen LogP contribution >= 0.6 is 23.2 Å². The molecular formula is C25H25Cl2N3O. The molecule has 2 bridgehead atoms. The van der Waals surface area contributed by atoms with Crippen molar-refractivity contribution in [3.63, 3.8) is 0 Å². The van der Waals surface area contributed by atoms with Crippen molar-refractivity contribution < 1.29 is 4.79 Å². The third-order valence-electron chi connectivity index (χ3n) is 8.10. The first-order chi connectivity index (χ1) is 14.5. The number of carbonyl (C=O) groups excluding carboxylic acids is 1. The van der Waals surface area contributed by atoms with E-state index in [-0.39, 0.29) is 16.7 Å². The molecule has 1 N–H and O–H groups in total. The number of hydrogen-bond acceptors (Lipinski definition) is 3. The smallest absolute Gasteiger partial charge is 0.237 e. The van der Waals surface area contributed by atoms with Gasteiger partial charge in [0.15, 0.2) is 0 Å². The van der Waals surface area contributed by atoms with Gasteiger partial charge in [0.25, 0.3) is 0 Å². The summed E-state index contributed by atoms with van der Waals surface area (Å²) in [5.41, 5.74) is 4.75. The summed E-state index contributed by atoms with van der Waals surface area (Å²) in [7, 11) is 0. The molecular weight excluding hydrogens is 429 g/mol. The Bertz CT molecular complexity index is 1290. The van der Waals surface area contributed by atoms with Crippen LogP contribution in [0.5, 0.6) is 0 Å². The summed E-state index contributed by atoms with van der Waals surface area (Å²) in [4.78, 5) is 24.0. The van der Waals surface area contributed by atoms with Gasteiger partial charge in [-0.05, 0) is 55.9 Å². The van der Waals surface area contributed by atoms with Gasteiger partial charge >= 0.3 is 0 Å². The minimum atomic E-state index is -0.762. The number of anilines is 1. The SMILES string of the molecule is Cc1ccc(NC(=O)C23CCC(C)(c4nc5cc(Cl)c(Cl)cc5nc42)C3(C)C)c(C)c1. The van der Waals surface area contributed by atoms with Crippen LogP contribution in [-0.4, -0.2) is 15.9 Å². The molecule has 2 aromatic carbocycles. The zero-order chi connectivity index (χ0) is 22.3. The molecule has 1 heterocycles. The average Bonchev–Trinajstić information content (AvgIpc) is 2.99. The maximum Gasteiger partial charge on any atom is 0.237 e. The summed E-state index contributed by atoms with van der Waals surface area (Å²) in [5, 5.41) is 4.12. The van der Waals surface area contributed by atoms with E-state index in [1.165, 1.54) is 5.56 Å².